The van der Waals surface area contributed by atoms with Crippen molar-refractivity contribution in [3.63, 3.8) is 0 Å². The van der Waals surface area contributed by atoms with E-state index in [1.807, 2.05) is 19.0 Å². The van der Waals surface area contributed by atoms with Gasteiger partial charge >= 0.3 is 0 Å². The Morgan fingerprint density at radius 2 is 1.79 bits per heavy atom. The molecule has 0 N–H and O–H groups in total. The first-order chi connectivity index (χ1) is 16.1. The molecule has 0 spiro atoms. The first kappa shape index (κ1) is 21.6. The summed E-state index contributed by atoms with van der Waals surface area (Å²) in [5, 5.41) is 13.0. The van der Waals surface area contributed by atoms with Crippen LogP contribution in [0.4, 0.5) is 5.69 Å². The number of aromatic nitrogens is 4. The van der Waals surface area contributed by atoms with Gasteiger partial charge in [-0.25, -0.2) is 4.68 Å². The van der Waals surface area contributed by atoms with Crippen LogP contribution in [0, 0.1) is 0 Å². The number of benzene rings is 1. The lowest BCUT2D eigenvalue weighted by Crippen LogP contribution is -2.50. The van der Waals surface area contributed by atoms with E-state index in [0.717, 1.165) is 37.4 Å². The van der Waals surface area contributed by atoms with E-state index in [-0.39, 0.29) is 11.9 Å². The first-order valence-corrected chi connectivity index (χ1v) is 11.7. The summed E-state index contributed by atoms with van der Waals surface area (Å²) in [5.41, 5.74) is 2.32. The molecule has 0 unspecified atom stereocenters. The van der Waals surface area contributed by atoms with Crippen LogP contribution in [-0.2, 0) is 0 Å². The van der Waals surface area contributed by atoms with E-state index in [0.29, 0.717) is 24.9 Å². The number of carbonyl (C=O) groups is 1. The van der Waals surface area contributed by atoms with Crippen LogP contribution in [0.5, 0.6) is 0 Å². The molecule has 0 radical (unpaired) electrons. The quantitative estimate of drug-likeness (QED) is 0.572. The molecule has 9 nitrogen and oxygen atoms in total. The molecular formula is C24H31N7O2. The molecular weight excluding hydrogens is 418 g/mol. The van der Waals surface area contributed by atoms with Crippen molar-refractivity contribution in [2.24, 2.45) is 0 Å². The Hall–Kier alpha value is -3.20. The zero-order valence-electron chi connectivity index (χ0n) is 19.3. The van der Waals surface area contributed by atoms with Crippen LogP contribution in [0.25, 0.3) is 0 Å². The van der Waals surface area contributed by atoms with Crippen molar-refractivity contribution in [1.82, 2.24) is 30.0 Å². The summed E-state index contributed by atoms with van der Waals surface area (Å²) in [6.45, 7) is 2.75. The summed E-state index contributed by atoms with van der Waals surface area (Å²) in [7, 11) is 4.09. The van der Waals surface area contributed by atoms with E-state index in [1.54, 1.807) is 18.4 Å². The number of hydrogen-bond acceptors (Lipinski definition) is 7. The number of tetrazole rings is 1. The molecule has 5 rings (SSSR count). The highest BCUT2D eigenvalue weighted by Crippen LogP contribution is 2.35. The molecule has 3 heterocycles. The Balaban J connectivity index is 1.41. The molecule has 3 aromatic rings. The van der Waals surface area contributed by atoms with Gasteiger partial charge in [0.05, 0.1) is 18.3 Å². The lowest BCUT2D eigenvalue weighted by atomic mass is 10.0. The van der Waals surface area contributed by atoms with Gasteiger partial charge in [-0.15, -0.1) is 5.10 Å². The Kier molecular flexibility index (Phi) is 6.13. The van der Waals surface area contributed by atoms with Gasteiger partial charge in [0.2, 0.25) is 0 Å². The largest absolute Gasteiger partial charge is 0.459 e. The van der Waals surface area contributed by atoms with Gasteiger partial charge < -0.3 is 14.2 Å². The second-order valence-corrected chi connectivity index (χ2v) is 9.11. The third-order valence-electron chi connectivity index (χ3n) is 6.86. The van der Waals surface area contributed by atoms with Crippen LogP contribution in [-0.4, -0.2) is 76.2 Å². The number of amides is 1. The molecule has 1 aliphatic heterocycles. The summed E-state index contributed by atoms with van der Waals surface area (Å²) in [5.74, 6) is 1.23. The van der Waals surface area contributed by atoms with Crippen LogP contribution >= 0.6 is 0 Å². The minimum Gasteiger partial charge on any atom is -0.459 e. The van der Waals surface area contributed by atoms with Gasteiger partial charge in [0, 0.05) is 46.0 Å². The molecule has 1 saturated carbocycles. The zero-order chi connectivity index (χ0) is 22.8. The lowest BCUT2D eigenvalue weighted by molar-refractivity contribution is 0.0558. The minimum atomic E-state index is -0.0577. The van der Waals surface area contributed by atoms with Crippen LogP contribution < -0.4 is 4.90 Å². The van der Waals surface area contributed by atoms with Gasteiger partial charge in [0.25, 0.3) is 5.91 Å². The van der Waals surface area contributed by atoms with Crippen LogP contribution in [0.15, 0.2) is 47.1 Å². The van der Waals surface area contributed by atoms with Gasteiger partial charge in [-0.3, -0.25) is 9.69 Å². The van der Waals surface area contributed by atoms with Gasteiger partial charge in [-0.1, -0.05) is 25.0 Å². The molecule has 1 aromatic carbocycles. The number of piperazine rings is 1. The third kappa shape index (κ3) is 4.37. The lowest BCUT2D eigenvalue weighted by Gasteiger charge is -2.39. The van der Waals surface area contributed by atoms with Crippen molar-refractivity contribution >= 4 is 11.6 Å². The fraction of sp³-hybridized carbons (Fsp3) is 0.500. The van der Waals surface area contributed by atoms with Crippen LogP contribution in [0.2, 0.25) is 0 Å². The number of anilines is 1. The fourth-order valence-electron chi connectivity index (χ4n) is 5.01. The molecule has 0 bridgehead atoms. The van der Waals surface area contributed by atoms with Crippen LogP contribution in [0.3, 0.4) is 0 Å². The predicted molar refractivity (Wildman–Crippen MR) is 124 cm³/mol. The smallest absolute Gasteiger partial charge is 0.289 e. The average molecular weight is 450 g/mol. The standard InChI is InChI=1S/C24H31N7O2/c1-28(2)19-11-9-18(10-12-19)22(23-25-26-27-31(23)20-6-3-4-7-20)29-13-15-30(16-14-29)24(32)21-8-5-17-33-21/h5,8-12,17,20,22H,3-4,6-7,13-16H2,1-2H3/t22-/m1/s1. The maximum Gasteiger partial charge on any atom is 0.289 e. The van der Waals surface area contributed by atoms with E-state index in [1.165, 1.54) is 18.4 Å². The highest BCUT2D eigenvalue weighted by atomic mass is 16.3. The summed E-state index contributed by atoms with van der Waals surface area (Å²) in [4.78, 5) is 19.1. The molecule has 2 fully saturated rings. The third-order valence-corrected chi connectivity index (χ3v) is 6.86. The summed E-state index contributed by atoms with van der Waals surface area (Å²) in [6, 6.07) is 12.4. The SMILES string of the molecule is CN(C)c1ccc([C@H](c2nnnn2C2CCCC2)N2CCN(C(=O)c3ccco3)CC2)cc1. The highest BCUT2D eigenvalue weighted by molar-refractivity contribution is 5.91. The van der Waals surface area contributed by atoms with E-state index in [4.69, 9.17) is 4.42 Å². The Bertz CT molecular complexity index is 1050. The molecule has 1 amide bonds. The van der Waals surface area contributed by atoms with Crippen molar-refractivity contribution in [3.05, 3.63) is 59.8 Å². The highest BCUT2D eigenvalue weighted by Gasteiger charge is 2.34. The molecule has 1 saturated heterocycles. The van der Waals surface area contributed by atoms with Crippen molar-refractivity contribution < 1.29 is 9.21 Å². The Morgan fingerprint density at radius 3 is 2.42 bits per heavy atom. The minimum absolute atomic E-state index is 0.0534. The molecule has 1 atom stereocenters. The Labute approximate surface area is 193 Å². The molecule has 1 aliphatic carbocycles. The number of nitrogens with zero attached hydrogens (tertiary/aromatic N) is 7. The first-order valence-electron chi connectivity index (χ1n) is 11.7. The van der Waals surface area contributed by atoms with Crippen molar-refractivity contribution in [1.29, 1.82) is 0 Å². The monoisotopic (exact) mass is 449 g/mol. The van der Waals surface area contributed by atoms with Crippen molar-refractivity contribution in [2.45, 2.75) is 37.8 Å². The van der Waals surface area contributed by atoms with Crippen molar-refractivity contribution in [2.75, 3.05) is 45.2 Å². The summed E-state index contributed by atoms with van der Waals surface area (Å²) < 4.78 is 7.37. The number of hydrogen-bond donors (Lipinski definition) is 0. The molecule has 2 aromatic heterocycles. The number of carbonyl (C=O) groups excluding carboxylic acids is 1. The van der Waals surface area contributed by atoms with E-state index in [2.05, 4.69) is 54.3 Å². The zero-order valence-corrected chi connectivity index (χ0v) is 19.3. The maximum absolute atomic E-state index is 12.7. The van der Waals surface area contributed by atoms with Gasteiger partial charge in [-0.05, 0) is 53.1 Å². The maximum atomic E-state index is 12.7. The molecule has 9 heteroatoms. The van der Waals surface area contributed by atoms with Gasteiger partial charge in [-0.2, -0.15) is 0 Å². The normalized spacial score (nSPS) is 18.5. The summed E-state index contributed by atoms with van der Waals surface area (Å²) in [6.07, 6.45) is 6.23. The van der Waals surface area contributed by atoms with Crippen molar-refractivity contribution in [3.8, 4) is 0 Å². The molecule has 174 valence electrons. The topological polar surface area (TPSA) is 83.5 Å². The average Bonchev–Trinajstić information content (AvgIpc) is 3.62. The second kappa shape index (κ2) is 9.35. The fourth-order valence-corrected chi connectivity index (χ4v) is 5.01. The Morgan fingerprint density at radius 1 is 1.06 bits per heavy atom. The number of rotatable bonds is 6. The van der Waals surface area contributed by atoms with Gasteiger partial charge in [0.15, 0.2) is 11.6 Å². The van der Waals surface area contributed by atoms with Crippen LogP contribution in [0.1, 0.15) is 59.7 Å². The van der Waals surface area contributed by atoms with Gasteiger partial charge in [0.1, 0.15) is 0 Å². The number of furan rings is 1. The second-order valence-electron chi connectivity index (χ2n) is 9.11. The molecule has 2 aliphatic rings. The van der Waals surface area contributed by atoms with E-state index < -0.39 is 0 Å². The predicted octanol–water partition coefficient (Wildman–Crippen LogP) is 2.99. The van der Waals surface area contributed by atoms with E-state index >= 15 is 0 Å². The van der Waals surface area contributed by atoms with E-state index in [9.17, 15) is 4.79 Å². The molecule has 33 heavy (non-hydrogen) atoms. The summed E-state index contributed by atoms with van der Waals surface area (Å²) >= 11 is 0.